The Bertz CT molecular complexity index is 313. The lowest BCUT2D eigenvalue weighted by atomic mass is 10.4. The van der Waals surface area contributed by atoms with Gasteiger partial charge in [0, 0.05) is 13.0 Å². The van der Waals surface area contributed by atoms with Gasteiger partial charge in [-0.05, 0) is 20.8 Å². The minimum Gasteiger partial charge on any atom is -0.550 e. The summed E-state index contributed by atoms with van der Waals surface area (Å²) in [5.74, 6) is 1.43. The van der Waals surface area contributed by atoms with Crippen LogP contribution in [0.25, 0.3) is 0 Å². The van der Waals surface area contributed by atoms with Crippen LogP contribution in [0.15, 0.2) is 12.4 Å². The van der Waals surface area contributed by atoms with Gasteiger partial charge in [-0.25, -0.2) is 9.13 Å². The van der Waals surface area contributed by atoms with E-state index in [2.05, 4.69) is 47.0 Å². The first kappa shape index (κ1) is 15.5. The fraction of sp³-hybridized carbons (Fsp3) is 0.667. The van der Waals surface area contributed by atoms with Gasteiger partial charge in [-0.3, -0.25) is 0 Å². The fourth-order valence-electron chi connectivity index (χ4n) is 1.60. The number of hydrogen-bond acceptors (Lipinski definition) is 3. The molecule has 0 saturated heterocycles. The molecule has 0 unspecified atom stereocenters. The largest absolute Gasteiger partial charge is 0.550 e. The summed E-state index contributed by atoms with van der Waals surface area (Å²) >= 11 is 0. The first-order valence-electron chi connectivity index (χ1n) is 6.01. The van der Waals surface area contributed by atoms with E-state index in [1.165, 1.54) is 5.82 Å². The number of carboxylic acid groups (broad SMARTS) is 1. The molecule has 0 spiro atoms. The van der Waals surface area contributed by atoms with Crippen LogP contribution in [-0.4, -0.2) is 17.3 Å². The van der Waals surface area contributed by atoms with Gasteiger partial charge >= 0.3 is 0 Å². The number of hydrogen-bond donors (Lipinski definition) is 0. The van der Waals surface area contributed by atoms with Crippen LogP contribution in [0.3, 0.4) is 0 Å². The van der Waals surface area contributed by atoms with Crippen molar-refractivity contribution in [2.45, 2.75) is 47.2 Å². The topological polar surface area (TPSA) is 58.2 Å². The van der Waals surface area contributed by atoms with Crippen LogP contribution in [0.2, 0.25) is 0 Å². The zero-order chi connectivity index (χ0) is 13.3. The smallest absolute Gasteiger partial charge is 0.256 e. The summed E-state index contributed by atoms with van der Waals surface area (Å²) in [6.07, 6.45) is 3.97. The first-order valence-corrected chi connectivity index (χ1v) is 6.01. The molecule has 0 aliphatic carbocycles. The number of ether oxygens (including phenoxy) is 1. The molecule has 1 aromatic heterocycles. The van der Waals surface area contributed by atoms with E-state index in [0.717, 1.165) is 19.5 Å². The van der Waals surface area contributed by atoms with Crippen LogP contribution in [0.5, 0.6) is 0 Å². The van der Waals surface area contributed by atoms with Crippen molar-refractivity contribution < 1.29 is 19.2 Å². The van der Waals surface area contributed by atoms with Crippen LogP contribution in [0, 0.1) is 0 Å². The second kappa shape index (κ2) is 8.61. The van der Waals surface area contributed by atoms with E-state index >= 15 is 0 Å². The number of rotatable bonds is 4. The van der Waals surface area contributed by atoms with E-state index in [0.29, 0.717) is 0 Å². The van der Waals surface area contributed by atoms with Gasteiger partial charge in [-0.2, -0.15) is 0 Å². The van der Waals surface area contributed by atoms with Crippen molar-refractivity contribution in [2.24, 2.45) is 0 Å². The monoisotopic (exact) mass is 242 g/mol. The molecule has 1 aromatic rings. The highest BCUT2D eigenvalue weighted by molar-refractivity contribution is 5.53. The van der Waals surface area contributed by atoms with Crippen molar-refractivity contribution in [3.05, 3.63) is 18.2 Å². The molecule has 1 heterocycles. The van der Waals surface area contributed by atoms with E-state index in [9.17, 15) is 9.90 Å². The number of nitrogens with zero attached hydrogens (tertiary/aromatic N) is 2. The lowest BCUT2D eigenvalue weighted by Gasteiger charge is -1.99. The maximum absolute atomic E-state index is 9.27. The van der Waals surface area contributed by atoms with E-state index in [1.807, 2.05) is 0 Å². The van der Waals surface area contributed by atoms with Crippen molar-refractivity contribution in [3.63, 3.8) is 0 Å². The van der Waals surface area contributed by atoms with Crippen LogP contribution in [0.1, 0.15) is 33.5 Å². The maximum atomic E-state index is 9.27. The average molecular weight is 242 g/mol. The van der Waals surface area contributed by atoms with Gasteiger partial charge in [0.2, 0.25) is 0 Å². The first-order chi connectivity index (χ1) is 8.10. The van der Waals surface area contributed by atoms with Gasteiger partial charge < -0.3 is 14.6 Å². The van der Waals surface area contributed by atoms with E-state index < -0.39 is 6.16 Å². The zero-order valence-corrected chi connectivity index (χ0v) is 11.1. The standard InChI is InChI=1S/C9H17N2.C3H6O3/c1-4-9-10(5-2)7-8-11(9)6-3;1-2-6-3(4)5/h7-8H,4-6H2,1-3H3;2H2,1H3,(H,4,5)/q+1;/p-1. The predicted molar refractivity (Wildman–Crippen MR) is 62.4 cm³/mol. The Hall–Kier alpha value is -1.52. The lowest BCUT2D eigenvalue weighted by molar-refractivity contribution is -0.700. The highest BCUT2D eigenvalue weighted by Crippen LogP contribution is 1.95. The quantitative estimate of drug-likeness (QED) is 0.578. The summed E-state index contributed by atoms with van der Waals surface area (Å²) in [5, 5.41) is 9.27. The van der Waals surface area contributed by atoms with Crippen LogP contribution in [0.4, 0.5) is 4.79 Å². The highest BCUT2D eigenvalue weighted by atomic mass is 16.7. The van der Waals surface area contributed by atoms with Gasteiger partial charge in [0.25, 0.3) is 12.0 Å². The van der Waals surface area contributed by atoms with E-state index in [-0.39, 0.29) is 6.61 Å². The molecule has 0 N–H and O–H groups in total. The molecule has 0 saturated carbocycles. The average Bonchev–Trinajstić information content (AvgIpc) is 2.71. The highest BCUT2D eigenvalue weighted by Gasteiger charge is 2.10. The summed E-state index contributed by atoms with van der Waals surface area (Å²) in [4.78, 5) is 9.27. The van der Waals surface area contributed by atoms with Crippen LogP contribution in [-0.2, 0) is 24.2 Å². The second-order valence-electron chi connectivity index (χ2n) is 3.32. The molecular weight excluding hydrogens is 220 g/mol. The summed E-state index contributed by atoms with van der Waals surface area (Å²) in [6.45, 7) is 10.5. The minimum atomic E-state index is -1.46. The summed E-state index contributed by atoms with van der Waals surface area (Å²) < 4.78 is 8.44. The third-order valence-electron chi connectivity index (χ3n) is 2.35. The number of aryl methyl sites for hydroxylation is 2. The Morgan fingerprint density at radius 2 is 2.06 bits per heavy atom. The molecule has 17 heavy (non-hydrogen) atoms. The Labute approximate surface area is 103 Å². The zero-order valence-electron chi connectivity index (χ0n) is 11.1. The number of carbonyl (C=O) groups is 1. The van der Waals surface area contributed by atoms with Gasteiger partial charge in [0.05, 0.1) is 13.1 Å². The molecule has 0 atom stereocenters. The fourth-order valence-corrected chi connectivity index (χ4v) is 1.60. The summed E-state index contributed by atoms with van der Waals surface area (Å²) in [7, 11) is 0. The molecule has 5 nitrogen and oxygen atoms in total. The number of carbonyl (C=O) groups excluding carboxylic acids is 1. The van der Waals surface area contributed by atoms with E-state index in [1.54, 1.807) is 6.92 Å². The maximum Gasteiger partial charge on any atom is 0.256 e. The van der Waals surface area contributed by atoms with Crippen molar-refractivity contribution >= 4 is 6.16 Å². The minimum absolute atomic E-state index is 0.169. The van der Waals surface area contributed by atoms with Gasteiger partial charge in [-0.15, -0.1) is 0 Å². The molecule has 0 aromatic carbocycles. The third kappa shape index (κ3) is 5.38. The number of aromatic nitrogens is 2. The molecule has 0 fully saturated rings. The Balaban J connectivity index is 0.000000366. The molecule has 0 radical (unpaired) electrons. The third-order valence-corrected chi connectivity index (χ3v) is 2.35. The van der Waals surface area contributed by atoms with Crippen LogP contribution < -0.4 is 9.67 Å². The molecule has 5 heteroatoms. The molecule has 0 aliphatic rings. The molecule has 0 aliphatic heterocycles. The normalized spacial score (nSPS) is 9.41. The number of imidazole rings is 1. The Morgan fingerprint density at radius 1 is 1.41 bits per heavy atom. The summed E-state index contributed by atoms with van der Waals surface area (Å²) in [6, 6.07) is 0. The Morgan fingerprint density at radius 3 is 2.35 bits per heavy atom. The van der Waals surface area contributed by atoms with E-state index in [4.69, 9.17) is 0 Å². The lowest BCUT2D eigenvalue weighted by Crippen LogP contribution is -2.35. The molecule has 98 valence electrons. The molecular formula is C12H22N2O3. The van der Waals surface area contributed by atoms with Crippen molar-refractivity contribution in [2.75, 3.05) is 6.61 Å². The van der Waals surface area contributed by atoms with Crippen molar-refractivity contribution in [3.8, 4) is 0 Å². The SMILES string of the molecule is CCOC(=O)[O-].CCc1n(CC)cc[n+]1CC. The van der Waals surface area contributed by atoms with Gasteiger partial charge in [-0.1, -0.05) is 6.92 Å². The molecule has 1 rings (SSSR count). The Kier molecular flexibility index (Phi) is 7.84. The second-order valence-corrected chi connectivity index (χ2v) is 3.32. The van der Waals surface area contributed by atoms with Crippen molar-refractivity contribution in [1.82, 2.24) is 4.57 Å². The summed E-state index contributed by atoms with van der Waals surface area (Å²) in [5.41, 5.74) is 0. The van der Waals surface area contributed by atoms with Crippen molar-refractivity contribution in [1.29, 1.82) is 0 Å². The predicted octanol–water partition coefficient (Wildman–Crippen LogP) is 0.744. The van der Waals surface area contributed by atoms with Crippen LogP contribution >= 0.6 is 0 Å². The van der Waals surface area contributed by atoms with Gasteiger partial charge in [0.15, 0.2) is 0 Å². The molecule has 0 amide bonds. The van der Waals surface area contributed by atoms with Gasteiger partial charge in [0.1, 0.15) is 12.4 Å². The molecule has 0 bridgehead atoms.